The summed E-state index contributed by atoms with van der Waals surface area (Å²) < 4.78 is 2.22. The van der Waals surface area contributed by atoms with Crippen molar-refractivity contribution in [2.75, 3.05) is 6.54 Å². The molecule has 2 aromatic carbocycles. The van der Waals surface area contributed by atoms with E-state index in [1.165, 1.54) is 0 Å². The quantitative estimate of drug-likeness (QED) is 0.552. The average molecular weight is 420 g/mol. The molecule has 8 heteroatoms. The fraction of sp³-hybridized carbons (Fsp3) is 0.273. The Morgan fingerprint density at radius 2 is 1.83 bits per heavy atom. The number of aromatic nitrogens is 3. The van der Waals surface area contributed by atoms with Crippen molar-refractivity contribution >= 4 is 38.2 Å². The van der Waals surface area contributed by atoms with E-state index in [-0.39, 0.29) is 29.6 Å². The number of para-hydroxylation sites is 1. The first-order chi connectivity index (χ1) is 14.6. The maximum absolute atomic E-state index is 13.2. The highest BCUT2D eigenvalue weighted by Gasteiger charge is 2.30. The fourth-order valence-corrected chi connectivity index (χ4v) is 5.22. The van der Waals surface area contributed by atoms with Gasteiger partial charge in [-0.1, -0.05) is 24.3 Å². The van der Waals surface area contributed by atoms with Crippen LogP contribution in [0.4, 0.5) is 0 Å². The summed E-state index contributed by atoms with van der Waals surface area (Å²) in [6, 6.07) is 14.5. The Balaban J connectivity index is 1.47. The summed E-state index contributed by atoms with van der Waals surface area (Å²) >= 11 is 1.61. The minimum atomic E-state index is -0.376. The largest absolute Gasteiger partial charge is 0.332 e. The number of H-pyrrole nitrogens is 1. The van der Waals surface area contributed by atoms with Crippen LogP contribution in [0.1, 0.15) is 30.3 Å². The number of likely N-dealkylation sites (tertiary alicyclic amines) is 1. The number of benzene rings is 2. The van der Waals surface area contributed by atoms with Gasteiger partial charge in [0.2, 0.25) is 5.91 Å². The van der Waals surface area contributed by atoms with Crippen LogP contribution >= 0.6 is 11.3 Å². The molecule has 0 unspecified atom stereocenters. The van der Waals surface area contributed by atoms with Crippen molar-refractivity contribution in [1.29, 1.82) is 0 Å². The van der Waals surface area contributed by atoms with Crippen LogP contribution in [0.15, 0.2) is 58.1 Å². The van der Waals surface area contributed by atoms with E-state index >= 15 is 0 Å². The number of piperidine rings is 1. The molecule has 0 spiro atoms. The highest BCUT2D eigenvalue weighted by Crippen LogP contribution is 2.35. The number of carbonyl (C=O) groups is 1. The van der Waals surface area contributed by atoms with Crippen molar-refractivity contribution in [1.82, 2.24) is 19.7 Å². The lowest BCUT2D eigenvalue weighted by molar-refractivity contribution is -0.136. The number of fused-ring (bicyclic) bond motifs is 2. The first kappa shape index (κ1) is 18.7. The number of hydrogen-bond acceptors (Lipinski definition) is 5. The second-order valence-electron chi connectivity index (χ2n) is 7.50. The first-order valence-electron chi connectivity index (χ1n) is 9.98. The van der Waals surface area contributed by atoms with E-state index in [1.807, 2.05) is 24.3 Å². The zero-order valence-electron chi connectivity index (χ0n) is 16.2. The van der Waals surface area contributed by atoms with Crippen molar-refractivity contribution in [2.24, 2.45) is 0 Å². The number of hydrogen-bond donors (Lipinski definition) is 1. The summed E-state index contributed by atoms with van der Waals surface area (Å²) in [5, 5.41) is 4.12. The molecule has 3 heterocycles. The lowest BCUT2D eigenvalue weighted by Crippen LogP contribution is -2.43. The highest BCUT2D eigenvalue weighted by atomic mass is 32.1. The molecule has 4 aromatic rings. The van der Waals surface area contributed by atoms with Crippen LogP contribution in [0.5, 0.6) is 0 Å². The molecule has 1 saturated heterocycles. The number of thiazole rings is 1. The fourth-order valence-electron chi connectivity index (χ4n) is 4.10. The zero-order valence-corrected chi connectivity index (χ0v) is 17.0. The summed E-state index contributed by atoms with van der Waals surface area (Å²) in [4.78, 5) is 44.9. The molecule has 1 aliphatic heterocycles. The molecule has 1 N–H and O–H groups in total. The standard InChI is InChI=1S/C22H20N4O3S/c27-19(13-26-22(29)15-8-2-1-7-14(15)20(28)24-26)25-12-6-5-10-17(25)21-23-16-9-3-4-11-18(16)30-21/h1-4,7-9,11,17H,5-6,10,12-13H2,(H,24,28)/t17-/m1/s1. The summed E-state index contributed by atoms with van der Waals surface area (Å²) in [6.45, 7) is 0.423. The third-order valence-electron chi connectivity index (χ3n) is 5.60. The van der Waals surface area contributed by atoms with Crippen LogP contribution in [0.3, 0.4) is 0 Å². The van der Waals surface area contributed by atoms with Crippen LogP contribution in [0, 0.1) is 0 Å². The Labute approximate surface area is 175 Å². The minimum Gasteiger partial charge on any atom is -0.332 e. The Hall–Kier alpha value is -3.26. The summed E-state index contributed by atoms with van der Waals surface area (Å²) in [5.74, 6) is -0.188. The molecule has 0 aliphatic carbocycles. The van der Waals surface area contributed by atoms with Crippen molar-refractivity contribution in [2.45, 2.75) is 31.8 Å². The minimum absolute atomic E-state index is 0.105. The molecule has 5 rings (SSSR count). The predicted molar refractivity (Wildman–Crippen MR) is 117 cm³/mol. The Kier molecular flexibility index (Phi) is 4.71. The molecule has 1 fully saturated rings. The molecule has 0 saturated carbocycles. The van der Waals surface area contributed by atoms with Crippen molar-refractivity contribution in [3.8, 4) is 0 Å². The number of aromatic amines is 1. The molecular formula is C22H20N4O3S. The zero-order chi connectivity index (χ0) is 20.7. The normalized spacial score (nSPS) is 16.9. The summed E-state index contributed by atoms with van der Waals surface area (Å²) in [5.41, 5.74) is 0.192. The Bertz CT molecular complexity index is 1340. The van der Waals surface area contributed by atoms with E-state index in [4.69, 9.17) is 4.98 Å². The van der Waals surface area contributed by atoms with Gasteiger partial charge in [0.1, 0.15) is 11.6 Å². The second kappa shape index (κ2) is 7.53. The van der Waals surface area contributed by atoms with E-state index in [0.29, 0.717) is 17.3 Å². The summed E-state index contributed by atoms with van der Waals surface area (Å²) in [7, 11) is 0. The van der Waals surface area contributed by atoms with Gasteiger partial charge in [-0.15, -0.1) is 11.3 Å². The van der Waals surface area contributed by atoms with Crippen LogP contribution in [0.2, 0.25) is 0 Å². The molecule has 0 bridgehead atoms. The summed E-state index contributed by atoms with van der Waals surface area (Å²) in [6.07, 6.45) is 2.78. The highest BCUT2D eigenvalue weighted by molar-refractivity contribution is 7.18. The number of rotatable bonds is 3. The van der Waals surface area contributed by atoms with Crippen LogP contribution < -0.4 is 11.1 Å². The van der Waals surface area contributed by atoms with Gasteiger partial charge in [0.25, 0.3) is 11.1 Å². The average Bonchev–Trinajstić information content (AvgIpc) is 3.21. The molecule has 0 radical (unpaired) electrons. The van der Waals surface area contributed by atoms with Crippen molar-refractivity contribution in [3.05, 3.63) is 74.2 Å². The predicted octanol–water partition coefficient (Wildman–Crippen LogP) is 3.05. The van der Waals surface area contributed by atoms with E-state index < -0.39 is 0 Å². The number of carbonyl (C=O) groups excluding carboxylic acids is 1. The first-order valence-corrected chi connectivity index (χ1v) is 10.8. The van der Waals surface area contributed by atoms with Gasteiger partial charge >= 0.3 is 0 Å². The lowest BCUT2D eigenvalue weighted by Gasteiger charge is -2.34. The second-order valence-corrected chi connectivity index (χ2v) is 8.56. The van der Waals surface area contributed by atoms with Crippen molar-refractivity contribution in [3.63, 3.8) is 0 Å². The van der Waals surface area contributed by atoms with Crippen LogP contribution in [0.25, 0.3) is 21.0 Å². The van der Waals surface area contributed by atoms with Gasteiger partial charge in [-0.2, -0.15) is 0 Å². The van der Waals surface area contributed by atoms with Crippen LogP contribution in [-0.4, -0.2) is 32.1 Å². The molecule has 1 aliphatic rings. The maximum Gasteiger partial charge on any atom is 0.273 e. The Morgan fingerprint density at radius 1 is 1.07 bits per heavy atom. The van der Waals surface area contributed by atoms with E-state index in [9.17, 15) is 14.4 Å². The van der Waals surface area contributed by atoms with Gasteiger partial charge in [0.15, 0.2) is 0 Å². The van der Waals surface area contributed by atoms with Gasteiger partial charge in [0.05, 0.1) is 27.0 Å². The molecule has 152 valence electrons. The molecular weight excluding hydrogens is 400 g/mol. The third-order valence-corrected chi connectivity index (χ3v) is 6.73. The molecule has 1 atom stereocenters. The smallest absolute Gasteiger partial charge is 0.273 e. The van der Waals surface area contributed by atoms with E-state index in [0.717, 1.165) is 39.2 Å². The van der Waals surface area contributed by atoms with Crippen molar-refractivity contribution < 1.29 is 4.79 Å². The van der Waals surface area contributed by atoms with Gasteiger partial charge in [0, 0.05) is 6.54 Å². The maximum atomic E-state index is 13.2. The molecule has 30 heavy (non-hydrogen) atoms. The topological polar surface area (TPSA) is 88.1 Å². The van der Waals surface area contributed by atoms with Gasteiger partial charge < -0.3 is 4.90 Å². The monoisotopic (exact) mass is 420 g/mol. The van der Waals surface area contributed by atoms with E-state index in [1.54, 1.807) is 40.5 Å². The third kappa shape index (κ3) is 3.23. The lowest BCUT2D eigenvalue weighted by atomic mass is 10.0. The molecule has 7 nitrogen and oxygen atoms in total. The van der Waals surface area contributed by atoms with E-state index in [2.05, 4.69) is 5.10 Å². The van der Waals surface area contributed by atoms with Crippen LogP contribution in [-0.2, 0) is 11.3 Å². The van der Waals surface area contributed by atoms with Gasteiger partial charge in [-0.05, 0) is 43.5 Å². The van der Waals surface area contributed by atoms with Gasteiger partial charge in [-0.25, -0.2) is 9.67 Å². The SMILES string of the molecule is O=C(Cn1[nH]c(=O)c2ccccc2c1=O)N1CCCC[C@@H]1c1nc2ccccc2s1. The number of nitrogens with zero attached hydrogens (tertiary/aromatic N) is 3. The number of amides is 1. The van der Waals surface area contributed by atoms with Gasteiger partial charge in [-0.3, -0.25) is 19.5 Å². The number of nitrogens with one attached hydrogen (secondary N) is 1. The molecule has 2 aromatic heterocycles. The Morgan fingerprint density at radius 3 is 2.67 bits per heavy atom. The molecule has 1 amide bonds.